The molecule has 0 unspecified atom stereocenters. The SMILES string of the molecule is Cc1c(N)cc(O[Si](C)(C)C(C)(C)C)cc1C(=O)O. The molecule has 1 aromatic carbocycles. The van der Waals surface area contributed by atoms with Gasteiger partial charge in [0.1, 0.15) is 5.75 Å². The van der Waals surface area contributed by atoms with E-state index in [0.29, 0.717) is 17.0 Å². The van der Waals surface area contributed by atoms with Crippen molar-refractivity contribution >= 4 is 20.0 Å². The minimum atomic E-state index is -1.99. The first-order valence-electron chi connectivity index (χ1n) is 6.28. The molecule has 0 bridgehead atoms. The predicted octanol–water partition coefficient (Wildman–Crippen LogP) is 3.66. The van der Waals surface area contributed by atoms with E-state index in [9.17, 15) is 9.90 Å². The molecule has 4 nitrogen and oxygen atoms in total. The fourth-order valence-corrected chi connectivity index (χ4v) is 2.45. The van der Waals surface area contributed by atoms with Crippen molar-refractivity contribution in [3.8, 4) is 5.75 Å². The third-order valence-corrected chi connectivity index (χ3v) is 8.19. The van der Waals surface area contributed by atoms with Crippen molar-refractivity contribution in [3.63, 3.8) is 0 Å². The average Bonchev–Trinajstić information content (AvgIpc) is 2.20. The summed E-state index contributed by atoms with van der Waals surface area (Å²) in [5.41, 5.74) is 7.09. The third-order valence-electron chi connectivity index (χ3n) is 3.83. The maximum absolute atomic E-state index is 11.2. The van der Waals surface area contributed by atoms with Crippen LogP contribution in [0.4, 0.5) is 5.69 Å². The van der Waals surface area contributed by atoms with Gasteiger partial charge in [0.15, 0.2) is 0 Å². The van der Waals surface area contributed by atoms with Crippen LogP contribution in [0.2, 0.25) is 18.1 Å². The lowest BCUT2D eigenvalue weighted by Crippen LogP contribution is -2.43. The van der Waals surface area contributed by atoms with Crippen molar-refractivity contribution in [3.05, 3.63) is 23.3 Å². The van der Waals surface area contributed by atoms with Crippen LogP contribution in [0.25, 0.3) is 0 Å². The van der Waals surface area contributed by atoms with Crippen molar-refractivity contribution in [1.82, 2.24) is 0 Å². The summed E-state index contributed by atoms with van der Waals surface area (Å²) in [6.45, 7) is 12.3. The Morgan fingerprint density at radius 2 is 1.84 bits per heavy atom. The van der Waals surface area contributed by atoms with Crippen LogP contribution in [0.1, 0.15) is 36.7 Å². The number of anilines is 1. The molecule has 3 N–H and O–H groups in total. The summed E-state index contributed by atoms with van der Waals surface area (Å²) in [7, 11) is -1.99. The van der Waals surface area contributed by atoms with Crippen LogP contribution in [0.15, 0.2) is 12.1 Å². The highest BCUT2D eigenvalue weighted by Crippen LogP contribution is 2.38. The monoisotopic (exact) mass is 281 g/mol. The van der Waals surface area contributed by atoms with Crippen molar-refractivity contribution in [2.75, 3.05) is 5.73 Å². The molecule has 0 atom stereocenters. The zero-order valence-corrected chi connectivity index (χ0v) is 13.5. The molecule has 0 fully saturated rings. The number of hydrogen-bond donors (Lipinski definition) is 2. The number of aromatic carboxylic acids is 1. The van der Waals surface area contributed by atoms with E-state index in [0.717, 1.165) is 0 Å². The second-order valence-electron chi connectivity index (χ2n) is 6.35. The van der Waals surface area contributed by atoms with E-state index >= 15 is 0 Å². The Hall–Kier alpha value is -1.49. The largest absolute Gasteiger partial charge is 0.543 e. The van der Waals surface area contributed by atoms with Crippen LogP contribution in [0.5, 0.6) is 5.75 Å². The number of nitrogen functional groups attached to an aromatic ring is 1. The minimum absolute atomic E-state index is 0.0516. The minimum Gasteiger partial charge on any atom is -0.543 e. The molecular weight excluding hydrogens is 258 g/mol. The molecule has 0 heterocycles. The van der Waals surface area contributed by atoms with Gasteiger partial charge in [0.25, 0.3) is 0 Å². The molecule has 106 valence electrons. The molecule has 5 heteroatoms. The Morgan fingerprint density at radius 3 is 2.26 bits per heavy atom. The van der Waals surface area contributed by atoms with Crippen LogP contribution in [0, 0.1) is 6.92 Å². The maximum Gasteiger partial charge on any atom is 0.336 e. The van der Waals surface area contributed by atoms with Gasteiger partial charge in [-0.3, -0.25) is 0 Å². The topological polar surface area (TPSA) is 72.5 Å². The Balaban J connectivity index is 3.21. The van der Waals surface area contributed by atoms with Crippen molar-refractivity contribution in [2.45, 2.75) is 45.8 Å². The number of benzene rings is 1. The van der Waals surface area contributed by atoms with Gasteiger partial charge in [-0.15, -0.1) is 0 Å². The first kappa shape index (κ1) is 15.6. The van der Waals surface area contributed by atoms with E-state index in [2.05, 4.69) is 33.9 Å². The highest BCUT2D eigenvalue weighted by atomic mass is 28.4. The molecule has 0 radical (unpaired) electrons. The number of nitrogens with two attached hydrogens (primary N) is 1. The van der Waals surface area contributed by atoms with Crippen molar-refractivity contribution in [1.29, 1.82) is 0 Å². The van der Waals surface area contributed by atoms with Gasteiger partial charge in [-0.05, 0) is 36.7 Å². The van der Waals surface area contributed by atoms with Crippen LogP contribution in [-0.4, -0.2) is 19.4 Å². The van der Waals surface area contributed by atoms with E-state index in [-0.39, 0.29) is 10.6 Å². The summed E-state index contributed by atoms with van der Waals surface area (Å²) < 4.78 is 6.09. The quantitative estimate of drug-likeness (QED) is 0.655. The summed E-state index contributed by atoms with van der Waals surface area (Å²) in [6.07, 6.45) is 0. The van der Waals surface area contributed by atoms with Gasteiger partial charge in [0.05, 0.1) is 5.56 Å². The van der Waals surface area contributed by atoms with Crippen molar-refractivity contribution < 1.29 is 14.3 Å². The molecular formula is C14H23NO3Si. The molecule has 0 saturated heterocycles. The first-order valence-corrected chi connectivity index (χ1v) is 9.19. The summed E-state index contributed by atoms with van der Waals surface area (Å²) >= 11 is 0. The molecule has 19 heavy (non-hydrogen) atoms. The van der Waals surface area contributed by atoms with E-state index in [1.165, 1.54) is 0 Å². The first-order chi connectivity index (χ1) is 8.45. The number of carboxylic acid groups (broad SMARTS) is 1. The molecule has 0 amide bonds. The lowest BCUT2D eigenvalue weighted by atomic mass is 10.1. The van der Waals surface area contributed by atoms with Gasteiger partial charge in [0.2, 0.25) is 8.32 Å². The fourth-order valence-electron chi connectivity index (χ4n) is 1.44. The molecule has 0 aromatic heterocycles. The molecule has 1 rings (SSSR count). The van der Waals surface area contributed by atoms with Gasteiger partial charge >= 0.3 is 5.97 Å². The van der Waals surface area contributed by atoms with Crippen LogP contribution >= 0.6 is 0 Å². The van der Waals surface area contributed by atoms with Gasteiger partial charge in [-0.1, -0.05) is 20.8 Å². The average molecular weight is 281 g/mol. The second-order valence-corrected chi connectivity index (χ2v) is 11.1. The van der Waals surface area contributed by atoms with Gasteiger partial charge in [-0.25, -0.2) is 4.79 Å². The number of carboxylic acids is 1. The fraction of sp³-hybridized carbons (Fsp3) is 0.500. The Labute approximate surface area is 115 Å². The van der Waals surface area contributed by atoms with Gasteiger partial charge in [0, 0.05) is 11.8 Å². The Morgan fingerprint density at radius 1 is 1.32 bits per heavy atom. The summed E-state index contributed by atoms with van der Waals surface area (Å²) in [4.78, 5) is 11.2. The Bertz CT molecular complexity index is 504. The summed E-state index contributed by atoms with van der Waals surface area (Å²) in [5.74, 6) is -0.433. The molecule has 0 aliphatic carbocycles. The van der Waals surface area contributed by atoms with Gasteiger partial charge in [-0.2, -0.15) is 0 Å². The van der Waals surface area contributed by atoms with E-state index in [4.69, 9.17) is 10.2 Å². The highest BCUT2D eigenvalue weighted by molar-refractivity contribution is 6.74. The molecule has 0 spiro atoms. The molecule has 0 aliphatic heterocycles. The van der Waals surface area contributed by atoms with Gasteiger partial charge < -0.3 is 15.3 Å². The maximum atomic E-state index is 11.2. The number of carbonyl (C=O) groups is 1. The van der Waals surface area contributed by atoms with Crippen LogP contribution in [-0.2, 0) is 0 Å². The normalized spacial score (nSPS) is 12.3. The highest BCUT2D eigenvalue weighted by Gasteiger charge is 2.39. The second kappa shape index (κ2) is 4.88. The van der Waals surface area contributed by atoms with E-state index in [1.54, 1.807) is 19.1 Å². The molecule has 0 saturated carbocycles. The van der Waals surface area contributed by atoms with E-state index < -0.39 is 14.3 Å². The zero-order chi connectivity index (χ0) is 15.0. The predicted molar refractivity (Wildman–Crippen MR) is 80.4 cm³/mol. The molecule has 0 aliphatic rings. The van der Waals surface area contributed by atoms with Crippen LogP contribution < -0.4 is 10.2 Å². The van der Waals surface area contributed by atoms with Crippen LogP contribution in [0.3, 0.4) is 0 Å². The third kappa shape index (κ3) is 3.29. The molecule has 1 aromatic rings. The number of rotatable bonds is 3. The Kier molecular flexibility index (Phi) is 4.00. The lowest BCUT2D eigenvalue weighted by molar-refractivity contribution is 0.0696. The lowest BCUT2D eigenvalue weighted by Gasteiger charge is -2.36. The van der Waals surface area contributed by atoms with Crippen molar-refractivity contribution in [2.24, 2.45) is 0 Å². The van der Waals surface area contributed by atoms with E-state index in [1.807, 2.05) is 0 Å². The summed E-state index contributed by atoms with van der Waals surface area (Å²) in [6, 6.07) is 3.27. The number of hydrogen-bond acceptors (Lipinski definition) is 3. The summed E-state index contributed by atoms with van der Waals surface area (Å²) in [5, 5.41) is 9.22. The standard InChI is InChI=1S/C14H23NO3Si/c1-9-11(13(16)17)7-10(8-12(9)15)18-19(5,6)14(2,3)4/h7-8H,15H2,1-6H3,(H,16,17). The zero-order valence-electron chi connectivity index (χ0n) is 12.5. The smallest absolute Gasteiger partial charge is 0.336 e.